The Morgan fingerprint density at radius 1 is 1.26 bits per heavy atom. The summed E-state index contributed by atoms with van der Waals surface area (Å²) in [6.07, 6.45) is 0.588. The third-order valence-corrected chi connectivity index (χ3v) is 5.61. The van der Waals surface area contributed by atoms with E-state index < -0.39 is 15.8 Å². The minimum absolute atomic E-state index is 0.0592. The highest BCUT2D eigenvalue weighted by Crippen LogP contribution is 2.13. The highest BCUT2D eigenvalue weighted by molar-refractivity contribution is 7.89. The number of carbonyl (C=O) groups is 1. The Hall–Kier alpha value is -1.67. The molecule has 1 aromatic carbocycles. The number of halogens is 1. The molecule has 0 aromatic heterocycles. The van der Waals surface area contributed by atoms with Gasteiger partial charge in [0.2, 0.25) is 10.0 Å². The van der Waals surface area contributed by atoms with Gasteiger partial charge < -0.3 is 9.64 Å². The van der Waals surface area contributed by atoms with Gasteiger partial charge in [0.25, 0.3) is 5.91 Å². The lowest BCUT2D eigenvalue weighted by molar-refractivity contribution is -0.133. The van der Waals surface area contributed by atoms with E-state index in [-0.39, 0.29) is 18.3 Å². The number of benzene rings is 1. The molecule has 8 heteroatoms. The van der Waals surface area contributed by atoms with Crippen molar-refractivity contribution in [2.45, 2.75) is 13.3 Å². The molecule has 23 heavy (non-hydrogen) atoms. The lowest BCUT2D eigenvalue weighted by Gasteiger charge is -2.21. The molecule has 6 nitrogen and oxygen atoms in total. The molecule has 1 aromatic rings. The van der Waals surface area contributed by atoms with Crippen LogP contribution in [0.5, 0.6) is 5.75 Å². The van der Waals surface area contributed by atoms with E-state index in [1.807, 2.05) is 0 Å². The molecule has 1 heterocycles. The van der Waals surface area contributed by atoms with Gasteiger partial charge in [0.1, 0.15) is 11.6 Å². The Morgan fingerprint density at radius 2 is 2.04 bits per heavy atom. The van der Waals surface area contributed by atoms with Crippen LogP contribution in [0.2, 0.25) is 0 Å². The molecule has 1 saturated heterocycles. The summed E-state index contributed by atoms with van der Waals surface area (Å²) in [5, 5.41) is 0. The molecule has 1 aliphatic rings. The van der Waals surface area contributed by atoms with Crippen molar-refractivity contribution in [1.82, 2.24) is 9.21 Å². The molecule has 0 saturated carbocycles. The van der Waals surface area contributed by atoms with Gasteiger partial charge in [0, 0.05) is 32.2 Å². The highest BCUT2D eigenvalue weighted by atomic mass is 32.2. The third-order valence-electron chi connectivity index (χ3n) is 3.72. The number of hydrogen-bond acceptors (Lipinski definition) is 4. The minimum atomic E-state index is -3.23. The number of nitrogens with zero attached hydrogens (tertiary/aromatic N) is 2. The van der Waals surface area contributed by atoms with E-state index in [1.54, 1.807) is 17.9 Å². The van der Waals surface area contributed by atoms with Gasteiger partial charge in [-0.25, -0.2) is 17.1 Å². The SMILES string of the molecule is CCS(=O)(=O)N1CCCN(C(=O)COc2cccc(F)c2)CC1. The fourth-order valence-corrected chi connectivity index (χ4v) is 3.53. The molecule has 0 aliphatic carbocycles. The summed E-state index contributed by atoms with van der Waals surface area (Å²) in [7, 11) is -3.23. The first-order valence-electron chi connectivity index (χ1n) is 7.56. The first-order valence-corrected chi connectivity index (χ1v) is 9.17. The van der Waals surface area contributed by atoms with Gasteiger partial charge >= 0.3 is 0 Å². The number of amides is 1. The molecule has 0 radical (unpaired) electrons. The maximum atomic E-state index is 13.1. The molecule has 0 N–H and O–H groups in total. The molecule has 1 amide bonds. The Labute approximate surface area is 135 Å². The molecule has 0 bridgehead atoms. The van der Waals surface area contributed by atoms with Gasteiger partial charge in [-0.05, 0) is 25.5 Å². The number of rotatable bonds is 5. The normalized spacial score (nSPS) is 16.9. The van der Waals surface area contributed by atoms with Gasteiger partial charge in [-0.2, -0.15) is 0 Å². The Balaban J connectivity index is 1.88. The van der Waals surface area contributed by atoms with Crippen LogP contribution in [0.1, 0.15) is 13.3 Å². The minimum Gasteiger partial charge on any atom is -0.484 e. The van der Waals surface area contributed by atoms with Crippen LogP contribution in [0.3, 0.4) is 0 Å². The van der Waals surface area contributed by atoms with Crippen LogP contribution in [-0.4, -0.2) is 62.1 Å². The smallest absolute Gasteiger partial charge is 0.260 e. The van der Waals surface area contributed by atoms with Gasteiger partial charge in [-0.15, -0.1) is 0 Å². The van der Waals surface area contributed by atoms with Crippen LogP contribution in [-0.2, 0) is 14.8 Å². The summed E-state index contributed by atoms with van der Waals surface area (Å²) in [6.45, 7) is 2.96. The van der Waals surface area contributed by atoms with E-state index in [0.717, 1.165) is 0 Å². The average Bonchev–Trinajstić information content (AvgIpc) is 2.79. The van der Waals surface area contributed by atoms with E-state index in [4.69, 9.17) is 4.74 Å². The number of ether oxygens (including phenoxy) is 1. The second-order valence-electron chi connectivity index (χ2n) is 5.28. The van der Waals surface area contributed by atoms with E-state index in [2.05, 4.69) is 0 Å². The summed E-state index contributed by atoms with van der Waals surface area (Å²) < 4.78 is 43.5. The number of hydrogen-bond donors (Lipinski definition) is 0. The van der Waals surface area contributed by atoms with Gasteiger partial charge in [0.15, 0.2) is 6.61 Å². The van der Waals surface area contributed by atoms with Crippen molar-refractivity contribution in [3.05, 3.63) is 30.1 Å². The largest absolute Gasteiger partial charge is 0.484 e. The number of carbonyl (C=O) groups excluding carboxylic acids is 1. The fourth-order valence-electron chi connectivity index (χ4n) is 2.40. The molecule has 0 spiro atoms. The predicted octanol–water partition coefficient (Wildman–Crippen LogP) is 1.09. The van der Waals surface area contributed by atoms with E-state index in [0.29, 0.717) is 38.3 Å². The van der Waals surface area contributed by atoms with E-state index >= 15 is 0 Å². The Morgan fingerprint density at radius 3 is 2.74 bits per heavy atom. The lowest BCUT2D eigenvalue weighted by Crippen LogP contribution is -2.39. The summed E-state index contributed by atoms with van der Waals surface area (Å²) in [5.41, 5.74) is 0. The van der Waals surface area contributed by atoms with Gasteiger partial charge in [-0.3, -0.25) is 4.79 Å². The Bertz CT molecular complexity index is 651. The van der Waals surface area contributed by atoms with Crippen LogP contribution in [0.4, 0.5) is 4.39 Å². The average molecular weight is 344 g/mol. The standard InChI is InChI=1S/C15H21FN2O4S/c1-2-23(20,21)18-8-4-7-17(9-10-18)15(19)12-22-14-6-3-5-13(16)11-14/h3,5-6,11H,2,4,7-10,12H2,1H3. The first-order chi connectivity index (χ1) is 10.9. The topological polar surface area (TPSA) is 66.9 Å². The first kappa shape index (κ1) is 17.7. The van der Waals surface area contributed by atoms with Crippen LogP contribution in [0.15, 0.2) is 24.3 Å². The fraction of sp³-hybridized carbons (Fsp3) is 0.533. The van der Waals surface area contributed by atoms with Crippen LogP contribution in [0, 0.1) is 5.82 Å². The number of sulfonamides is 1. The molecule has 2 rings (SSSR count). The van der Waals surface area contributed by atoms with Gasteiger partial charge in [0.05, 0.1) is 5.75 Å². The second-order valence-corrected chi connectivity index (χ2v) is 7.54. The molecule has 128 valence electrons. The van der Waals surface area contributed by atoms with Crippen molar-refractivity contribution >= 4 is 15.9 Å². The lowest BCUT2D eigenvalue weighted by atomic mass is 10.3. The van der Waals surface area contributed by atoms with Crippen molar-refractivity contribution in [3.63, 3.8) is 0 Å². The summed E-state index contributed by atoms with van der Waals surface area (Å²) in [6, 6.07) is 5.60. The molecule has 0 atom stereocenters. The summed E-state index contributed by atoms with van der Waals surface area (Å²) >= 11 is 0. The Kier molecular flexibility index (Phi) is 5.95. The zero-order chi connectivity index (χ0) is 16.9. The van der Waals surface area contributed by atoms with E-state index in [1.165, 1.54) is 22.5 Å². The summed E-state index contributed by atoms with van der Waals surface area (Å²) in [4.78, 5) is 13.8. The molecule has 1 fully saturated rings. The van der Waals surface area contributed by atoms with Crippen LogP contribution >= 0.6 is 0 Å². The van der Waals surface area contributed by atoms with Crippen LogP contribution in [0.25, 0.3) is 0 Å². The zero-order valence-electron chi connectivity index (χ0n) is 13.1. The highest BCUT2D eigenvalue weighted by Gasteiger charge is 2.25. The zero-order valence-corrected chi connectivity index (χ0v) is 13.9. The maximum absolute atomic E-state index is 13.1. The predicted molar refractivity (Wildman–Crippen MR) is 84.1 cm³/mol. The summed E-state index contributed by atoms with van der Waals surface area (Å²) in [5.74, 6) is -0.303. The maximum Gasteiger partial charge on any atom is 0.260 e. The molecular weight excluding hydrogens is 323 g/mol. The van der Waals surface area contributed by atoms with Crippen molar-refractivity contribution < 1.29 is 22.3 Å². The third kappa shape index (κ3) is 4.90. The van der Waals surface area contributed by atoms with Gasteiger partial charge in [-0.1, -0.05) is 6.07 Å². The van der Waals surface area contributed by atoms with Crippen molar-refractivity contribution in [2.75, 3.05) is 38.5 Å². The van der Waals surface area contributed by atoms with Crippen molar-refractivity contribution in [3.8, 4) is 5.75 Å². The van der Waals surface area contributed by atoms with E-state index in [9.17, 15) is 17.6 Å². The quantitative estimate of drug-likeness (QED) is 0.802. The van der Waals surface area contributed by atoms with Crippen molar-refractivity contribution in [1.29, 1.82) is 0 Å². The van der Waals surface area contributed by atoms with Crippen molar-refractivity contribution in [2.24, 2.45) is 0 Å². The van der Waals surface area contributed by atoms with Crippen LogP contribution < -0.4 is 4.74 Å². The second kappa shape index (κ2) is 7.74. The monoisotopic (exact) mass is 344 g/mol. The molecular formula is C15H21FN2O4S. The molecule has 1 aliphatic heterocycles. The molecule has 0 unspecified atom stereocenters.